The number of anilines is 1. The first-order valence-corrected chi connectivity index (χ1v) is 3.84. The summed E-state index contributed by atoms with van der Waals surface area (Å²) < 4.78 is 17.5. The molecule has 0 aliphatic rings. The molecule has 11 heavy (non-hydrogen) atoms. The first kappa shape index (κ1) is 6.54. The van der Waals surface area contributed by atoms with Crippen LogP contribution in [0.2, 0.25) is 0 Å². The zero-order valence-electron chi connectivity index (χ0n) is 5.54. The molecule has 2 aromatic rings. The molecule has 0 atom stereocenters. The van der Waals surface area contributed by atoms with Gasteiger partial charge in [-0.2, -0.15) is 4.37 Å². The van der Waals surface area contributed by atoms with Gasteiger partial charge in [-0.25, -0.2) is 4.39 Å². The van der Waals surface area contributed by atoms with Crippen molar-refractivity contribution >= 4 is 27.3 Å². The van der Waals surface area contributed by atoms with Crippen molar-refractivity contribution in [3.8, 4) is 0 Å². The van der Waals surface area contributed by atoms with E-state index in [-0.39, 0.29) is 11.5 Å². The van der Waals surface area contributed by atoms with E-state index in [9.17, 15) is 4.39 Å². The maximum absolute atomic E-state index is 12.8. The molecule has 0 aliphatic carbocycles. The fourth-order valence-corrected chi connectivity index (χ4v) is 1.56. The Morgan fingerprint density at radius 3 is 3.09 bits per heavy atom. The molecule has 1 heterocycles. The van der Waals surface area contributed by atoms with Crippen LogP contribution in [0, 0.1) is 5.82 Å². The molecule has 0 unspecified atom stereocenters. The summed E-state index contributed by atoms with van der Waals surface area (Å²) >= 11 is 1.26. The van der Waals surface area contributed by atoms with Gasteiger partial charge in [0.1, 0.15) is 5.82 Å². The van der Waals surface area contributed by atoms with Crippen molar-refractivity contribution < 1.29 is 4.39 Å². The second-order valence-electron chi connectivity index (χ2n) is 2.24. The molecule has 56 valence electrons. The first-order valence-electron chi connectivity index (χ1n) is 3.07. The van der Waals surface area contributed by atoms with Crippen molar-refractivity contribution in [1.29, 1.82) is 0 Å². The van der Waals surface area contributed by atoms with Gasteiger partial charge in [-0.05, 0) is 23.7 Å². The number of aromatic nitrogens is 1. The van der Waals surface area contributed by atoms with E-state index in [1.54, 1.807) is 12.3 Å². The zero-order chi connectivity index (χ0) is 7.84. The van der Waals surface area contributed by atoms with Gasteiger partial charge >= 0.3 is 0 Å². The SMILES string of the molecule is Nc1cc2cnsc2cc1F. The van der Waals surface area contributed by atoms with Gasteiger partial charge in [0.05, 0.1) is 10.4 Å². The van der Waals surface area contributed by atoms with E-state index in [0.717, 1.165) is 10.1 Å². The minimum Gasteiger partial charge on any atom is -0.396 e. The summed E-state index contributed by atoms with van der Waals surface area (Å²) in [6, 6.07) is 3.00. The third-order valence-corrected chi connectivity index (χ3v) is 2.23. The van der Waals surface area contributed by atoms with E-state index in [4.69, 9.17) is 5.73 Å². The third-order valence-electron chi connectivity index (χ3n) is 1.47. The van der Waals surface area contributed by atoms with E-state index in [0.29, 0.717) is 0 Å². The number of halogens is 1. The minimum absolute atomic E-state index is 0.178. The van der Waals surface area contributed by atoms with Gasteiger partial charge in [0.15, 0.2) is 0 Å². The number of nitrogens with zero attached hydrogens (tertiary/aromatic N) is 1. The highest BCUT2D eigenvalue weighted by atomic mass is 32.1. The van der Waals surface area contributed by atoms with Gasteiger partial charge in [0, 0.05) is 11.6 Å². The highest BCUT2D eigenvalue weighted by Gasteiger charge is 2.01. The van der Waals surface area contributed by atoms with Crippen molar-refractivity contribution in [3.63, 3.8) is 0 Å². The van der Waals surface area contributed by atoms with Crippen molar-refractivity contribution in [3.05, 3.63) is 24.1 Å². The third kappa shape index (κ3) is 0.952. The van der Waals surface area contributed by atoms with Crippen LogP contribution in [0.1, 0.15) is 0 Å². The lowest BCUT2D eigenvalue weighted by atomic mass is 10.2. The average molecular weight is 168 g/mol. The van der Waals surface area contributed by atoms with Crippen LogP contribution >= 0.6 is 11.5 Å². The van der Waals surface area contributed by atoms with E-state index in [1.165, 1.54) is 17.6 Å². The van der Waals surface area contributed by atoms with Crippen molar-refractivity contribution in [2.45, 2.75) is 0 Å². The Hall–Kier alpha value is -1.16. The molecule has 0 radical (unpaired) electrons. The Bertz CT molecular complexity index is 360. The molecule has 0 saturated carbocycles. The van der Waals surface area contributed by atoms with Crippen molar-refractivity contribution in [2.75, 3.05) is 5.73 Å². The maximum atomic E-state index is 12.8. The van der Waals surface area contributed by atoms with Crippen LogP contribution in [-0.2, 0) is 0 Å². The summed E-state index contributed by atoms with van der Waals surface area (Å²) in [7, 11) is 0. The highest BCUT2D eigenvalue weighted by Crippen LogP contribution is 2.22. The summed E-state index contributed by atoms with van der Waals surface area (Å²) in [5, 5.41) is 0.897. The van der Waals surface area contributed by atoms with Crippen LogP contribution in [0.25, 0.3) is 10.1 Å². The molecule has 4 heteroatoms. The highest BCUT2D eigenvalue weighted by molar-refractivity contribution is 7.13. The predicted octanol–water partition coefficient (Wildman–Crippen LogP) is 2.02. The second-order valence-corrected chi connectivity index (χ2v) is 3.07. The maximum Gasteiger partial charge on any atom is 0.147 e. The molecule has 2 N–H and O–H groups in total. The van der Waals surface area contributed by atoms with Gasteiger partial charge in [-0.15, -0.1) is 0 Å². The molecule has 1 aromatic carbocycles. The zero-order valence-corrected chi connectivity index (χ0v) is 6.36. The van der Waals surface area contributed by atoms with Crippen LogP contribution in [0.15, 0.2) is 18.3 Å². The molecular formula is C7H5FN2S. The largest absolute Gasteiger partial charge is 0.396 e. The fourth-order valence-electron chi connectivity index (χ4n) is 0.909. The summed E-state index contributed by atoms with van der Waals surface area (Å²) in [6.07, 6.45) is 1.68. The molecule has 0 aliphatic heterocycles. The lowest BCUT2D eigenvalue weighted by molar-refractivity contribution is 0.634. The smallest absolute Gasteiger partial charge is 0.147 e. The van der Waals surface area contributed by atoms with E-state index < -0.39 is 0 Å². The predicted molar refractivity (Wildman–Crippen MR) is 44.0 cm³/mol. The van der Waals surface area contributed by atoms with E-state index in [1.807, 2.05) is 0 Å². The van der Waals surface area contributed by atoms with Gasteiger partial charge in [-0.3, -0.25) is 0 Å². The van der Waals surface area contributed by atoms with Crippen LogP contribution < -0.4 is 5.73 Å². The molecule has 0 saturated heterocycles. The molecular weight excluding hydrogens is 163 g/mol. The molecule has 0 fully saturated rings. The molecule has 0 bridgehead atoms. The number of benzene rings is 1. The van der Waals surface area contributed by atoms with Gasteiger partial charge < -0.3 is 5.73 Å². The summed E-state index contributed by atoms with van der Waals surface area (Å²) in [5.74, 6) is -0.373. The Labute approximate surface area is 66.6 Å². The van der Waals surface area contributed by atoms with Crippen LogP contribution in [0.4, 0.5) is 10.1 Å². The van der Waals surface area contributed by atoms with E-state index >= 15 is 0 Å². The summed E-state index contributed by atoms with van der Waals surface area (Å²) in [4.78, 5) is 0. The van der Waals surface area contributed by atoms with Crippen LogP contribution in [0.5, 0.6) is 0 Å². The summed E-state index contributed by atoms with van der Waals surface area (Å²) in [6.45, 7) is 0. The molecule has 2 rings (SSSR count). The van der Waals surface area contributed by atoms with Crippen LogP contribution in [0.3, 0.4) is 0 Å². The summed E-state index contributed by atoms with van der Waals surface area (Å²) in [5.41, 5.74) is 5.53. The Kier molecular flexibility index (Phi) is 1.29. The fraction of sp³-hybridized carbons (Fsp3) is 0. The molecule has 0 spiro atoms. The Morgan fingerprint density at radius 2 is 2.27 bits per heavy atom. The quantitative estimate of drug-likeness (QED) is 0.611. The van der Waals surface area contributed by atoms with Crippen molar-refractivity contribution in [2.24, 2.45) is 0 Å². The molecule has 0 amide bonds. The average Bonchev–Trinajstić information content (AvgIpc) is 2.36. The normalized spacial score (nSPS) is 10.6. The standard InChI is InChI=1S/C7H5FN2S/c8-5-2-7-4(1-6(5)9)3-10-11-7/h1-3H,9H2. The topological polar surface area (TPSA) is 38.9 Å². The Balaban J connectivity index is 2.86. The van der Waals surface area contributed by atoms with Gasteiger partial charge in [0.25, 0.3) is 0 Å². The Morgan fingerprint density at radius 1 is 1.45 bits per heavy atom. The number of hydrogen-bond donors (Lipinski definition) is 1. The number of nitrogen functional groups attached to an aromatic ring is 1. The van der Waals surface area contributed by atoms with E-state index in [2.05, 4.69) is 4.37 Å². The van der Waals surface area contributed by atoms with Crippen LogP contribution in [-0.4, -0.2) is 4.37 Å². The first-order chi connectivity index (χ1) is 5.27. The van der Waals surface area contributed by atoms with Gasteiger partial charge in [0.2, 0.25) is 0 Å². The second kappa shape index (κ2) is 2.17. The molecule has 1 aromatic heterocycles. The lowest BCUT2D eigenvalue weighted by Gasteiger charge is -1.93. The number of fused-ring (bicyclic) bond motifs is 1. The van der Waals surface area contributed by atoms with Crippen molar-refractivity contribution in [1.82, 2.24) is 4.37 Å². The van der Waals surface area contributed by atoms with Gasteiger partial charge in [-0.1, -0.05) is 0 Å². The minimum atomic E-state index is -0.373. The number of rotatable bonds is 0. The number of hydrogen-bond acceptors (Lipinski definition) is 3. The molecule has 2 nitrogen and oxygen atoms in total. The lowest BCUT2D eigenvalue weighted by Crippen LogP contribution is -1.88. The monoisotopic (exact) mass is 168 g/mol. The number of nitrogens with two attached hydrogens (primary N) is 1.